The van der Waals surface area contributed by atoms with Gasteiger partial charge in [0.1, 0.15) is 0 Å². The molecule has 1 fully saturated rings. The van der Waals surface area contributed by atoms with Crippen LogP contribution in [0.25, 0.3) is 0 Å². The van der Waals surface area contributed by atoms with Crippen LogP contribution in [0.3, 0.4) is 0 Å². The first-order valence-corrected chi connectivity index (χ1v) is 7.30. The number of hydrogen-bond donors (Lipinski definition) is 2. The Labute approximate surface area is 131 Å². The molecule has 2 atom stereocenters. The van der Waals surface area contributed by atoms with E-state index in [2.05, 4.69) is 5.32 Å². The summed E-state index contributed by atoms with van der Waals surface area (Å²) in [5, 5.41) is 3.71. The molecule has 1 amide bonds. The van der Waals surface area contributed by atoms with Crippen molar-refractivity contribution in [2.24, 2.45) is 11.7 Å². The first kappa shape index (κ1) is 17.3. The molecule has 1 aliphatic carbocycles. The van der Waals surface area contributed by atoms with Crippen molar-refractivity contribution >= 4 is 29.9 Å². The number of rotatable bonds is 5. The Kier molecular flexibility index (Phi) is 7.35. The summed E-state index contributed by atoms with van der Waals surface area (Å²) in [6, 6.07) is 7.93. The molecule has 0 bridgehead atoms. The maximum atomic E-state index is 11.8. The maximum Gasteiger partial charge on any atom is 0.220 e. The average molecular weight is 317 g/mol. The number of nitrogens with one attached hydrogen (secondary N) is 1. The van der Waals surface area contributed by atoms with Crippen LogP contribution in [0.1, 0.15) is 31.2 Å². The van der Waals surface area contributed by atoms with Crippen molar-refractivity contribution in [1.82, 2.24) is 5.32 Å². The van der Waals surface area contributed by atoms with Crippen molar-refractivity contribution in [2.75, 3.05) is 6.54 Å². The Morgan fingerprint density at radius 1 is 1.35 bits per heavy atom. The molecular formula is C15H22Cl2N2O. The molecule has 1 aromatic carbocycles. The lowest BCUT2D eigenvalue weighted by Gasteiger charge is -2.14. The summed E-state index contributed by atoms with van der Waals surface area (Å²) in [4.78, 5) is 11.8. The summed E-state index contributed by atoms with van der Waals surface area (Å²) in [5.74, 6) is 0.467. The molecule has 0 aromatic heterocycles. The van der Waals surface area contributed by atoms with Crippen LogP contribution in [0.15, 0.2) is 24.3 Å². The Bertz CT molecular complexity index is 440. The summed E-state index contributed by atoms with van der Waals surface area (Å²) in [5.41, 5.74) is 7.04. The van der Waals surface area contributed by atoms with Crippen molar-refractivity contribution < 1.29 is 4.79 Å². The van der Waals surface area contributed by atoms with Gasteiger partial charge in [-0.3, -0.25) is 4.79 Å². The zero-order valence-corrected chi connectivity index (χ0v) is 13.1. The van der Waals surface area contributed by atoms with Gasteiger partial charge in [0, 0.05) is 24.0 Å². The van der Waals surface area contributed by atoms with Gasteiger partial charge in [-0.2, -0.15) is 0 Å². The van der Waals surface area contributed by atoms with Crippen molar-refractivity contribution in [3.63, 3.8) is 0 Å². The third-order valence-corrected chi connectivity index (χ3v) is 4.21. The first-order valence-electron chi connectivity index (χ1n) is 6.92. The van der Waals surface area contributed by atoms with Gasteiger partial charge in [0.2, 0.25) is 5.91 Å². The highest BCUT2D eigenvalue weighted by molar-refractivity contribution is 6.31. The van der Waals surface area contributed by atoms with Crippen molar-refractivity contribution in [1.29, 1.82) is 0 Å². The Hall–Kier alpha value is -0.770. The third-order valence-electron chi connectivity index (χ3n) is 3.84. The molecule has 5 heteroatoms. The minimum Gasteiger partial charge on any atom is -0.356 e. The Balaban J connectivity index is 0.00000200. The van der Waals surface area contributed by atoms with E-state index in [9.17, 15) is 4.79 Å². The highest BCUT2D eigenvalue weighted by atomic mass is 35.5. The van der Waals surface area contributed by atoms with E-state index in [-0.39, 0.29) is 24.4 Å². The van der Waals surface area contributed by atoms with E-state index < -0.39 is 0 Å². The van der Waals surface area contributed by atoms with Gasteiger partial charge in [0.25, 0.3) is 0 Å². The lowest BCUT2D eigenvalue weighted by molar-refractivity contribution is -0.122. The van der Waals surface area contributed by atoms with E-state index in [4.69, 9.17) is 17.3 Å². The first-order chi connectivity index (χ1) is 9.16. The van der Waals surface area contributed by atoms with Crippen LogP contribution in [0, 0.1) is 5.92 Å². The number of hydrogen-bond acceptors (Lipinski definition) is 2. The number of carbonyl (C=O) groups excluding carboxylic acids is 1. The SMILES string of the molecule is Cl.N[C@@H]1CCC[C@H]1CC(=O)NCCc1ccccc1Cl. The van der Waals surface area contributed by atoms with E-state index in [1.54, 1.807) is 0 Å². The Morgan fingerprint density at radius 2 is 2.10 bits per heavy atom. The van der Waals surface area contributed by atoms with E-state index in [0.29, 0.717) is 18.9 Å². The van der Waals surface area contributed by atoms with Crippen LogP contribution in [-0.4, -0.2) is 18.5 Å². The second-order valence-corrected chi connectivity index (χ2v) is 5.66. The highest BCUT2D eigenvalue weighted by Crippen LogP contribution is 2.26. The number of halogens is 2. The Morgan fingerprint density at radius 3 is 2.75 bits per heavy atom. The van der Waals surface area contributed by atoms with Gasteiger partial charge in [-0.25, -0.2) is 0 Å². The fourth-order valence-corrected chi connectivity index (χ4v) is 2.90. The molecule has 20 heavy (non-hydrogen) atoms. The zero-order chi connectivity index (χ0) is 13.7. The molecule has 112 valence electrons. The van der Waals surface area contributed by atoms with Crippen LogP contribution in [0.4, 0.5) is 0 Å². The minimum atomic E-state index is 0. The smallest absolute Gasteiger partial charge is 0.220 e. The summed E-state index contributed by atoms with van der Waals surface area (Å²) >= 11 is 6.07. The van der Waals surface area contributed by atoms with Crippen LogP contribution < -0.4 is 11.1 Å². The lowest BCUT2D eigenvalue weighted by atomic mass is 10.00. The van der Waals surface area contributed by atoms with Crippen molar-refractivity contribution in [2.45, 2.75) is 38.1 Å². The standard InChI is InChI=1S/C15H21ClN2O.ClH/c16-13-6-2-1-4-11(13)8-9-18-15(19)10-12-5-3-7-14(12)17;/h1-2,4,6,12,14H,3,5,7-10,17H2,(H,18,19);1H/t12-,14+;/m0./s1. The molecule has 1 aliphatic rings. The van der Waals surface area contributed by atoms with Gasteiger partial charge in [0.05, 0.1) is 0 Å². The average Bonchev–Trinajstić information content (AvgIpc) is 2.77. The summed E-state index contributed by atoms with van der Waals surface area (Å²) in [6.45, 7) is 0.629. The monoisotopic (exact) mass is 316 g/mol. The van der Waals surface area contributed by atoms with E-state index in [1.807, 2.05) is 24.3 Å². The van der Waals surface area contributed by atoms with Crippen molar-refractivity contribution in [3.8, 4) is 0 Å². The summed E-state index contributed by atoms with van der Waals surface area (Å²) in [7, 11) is 0. The highest BCUT2D eigenvalue weighted by Gasteiger charge is 2.25. The zero-order valence-electron chi connectivity index (χ0n) is 11.5. The molecule has 0 heterocycles. The normalized spacial score (nSPS) is 21.3. The molecule has 3 nitrogen and oxygen atoms in total. The third kappa shape index (κ3) is 4.97. The van der Waals surface area contributed by atoms with E-state index in [0.717, 1.165) is 36.3 Å². The number of nitrogens with two attached hydrogens (primary N) is 1. The molecule has 1 aromatic rings. The summed E-state index contributed by atoms with van der Waals surface area (Å²) in [6.07, 6.45) is 4.61. The van der Waals surface area contributed by atoms with E-state index >= 15 is 0 Å². The van der Waals surface area contributed by atoms with Gasteiger partial charge in [-0.05, 0) is 36.8 Å². The molecule has 1 saturated carbocycles. The second-order valence-electron chi connectivity index (χ2n) is 5.25. The lowest BCUT2D eigenvalue weighted by Crippen LogP contribution is -2.32. The molecule has 0 saturated heterocycles. The molecule has 0 unspecified atom stereocenters. The largest absolute Gasteiger partial charge is 0.356 e. The fourth-order valence-electron chi connectivity index (χ4n) is 2.67. The van der Waals surface area contributed by atoms with Crippen LogP contribution in [0.2, 0.25) is 5.02 Å². The minimum absolute atomic E-state index is 0. The van der Waals surface area contributed by atoms with E-state index in [1.165, 1.54) is 0 Å². The predicted molar refractivity (Wildman–Crippen MR) is 85.3 cm³/mol. The van der Waals surface area contributed by atoms with Crippen LogP contribution in [0.5, 0.6) is 0 Å². The second kappa shape index (κ2) is 8.50. The summed E-state index contributed by atoms with van der Waals surface area (Å²) < 4.78 is 0. The van der Waals surface area contributed by atoms with Gasteiger partial charge >= 0.3 is 0 Å². The van der Waals surface area contributed by atoms with Gasteiger partial charge < -0.3 is 11.1 Å². The molecule has 0 radical (unpaired) electrons. The number of benzene rings is 1. The van der Waals surface area contributed by atoms with Crippen LogP contribution in [-0.2, 0) is 11.2 Å². The van der Waals surface area contributed by atoms with Gasteiger partial charge in [-0.1, -0.05) is 36.2 Å². The molecular weight excluding hydrogens is 295 g/mol. The van der Waals surface area contributed by atoms with Crippen molar-refractivity contribution in [3.05, 3.63) is 34.9 Å². The molecule has 0 aliphatic heterocycles. The van der Waals surface area contributed by atoms with Crippen LogP contribution >= 0.6 is 24.0 Å². The number of carbonyl (C=O) groups is 1. The maximum absolute atomic E-state index is 11.8. The number of amides is 1. The molecule has 3 N–H and O–H groups in total. The predicted octanol–water partition coefficient (Wildman–Crippen LogP) is 2.94. The topological polar surface area (TPSA) is 55.1 Å². The van der Waals surface area contributed by atoms with Gasteiger partial charge in [-0.15, -0.1) is 12.4 Å². The molecule has 2 rings (SSSR count). The molecule has 0 spiro atoms. The van der Waals surface area contributed by atoms with Gasteiger partial charge in [0.15, 0.2) is 0 Å². The quantitative estimate of drug-likeness (QED) is 0.877. The fraction of sp³-hybridized carbons (Fsp3) is 0.533.